The molecule has 1 aromatic heterocycles. The van der Waals surface area contributed by atoms with Gasteiger partial charge in [0.05, 0.1) is 19.9 Å². The van der Waals surface area contributed by atoms with E-state index in [-0.39, 0.29) is 18.5 Å². The molecule has 1 heterocycles. The van der Waals surface area contributed by atoms with Gasteiger partial charge >= 0.3 is 0 Å². The molecule has 0 fully saturated rings. The fraction of sp³-hybridized carbons (Fsp3) is 0.476. The first-order valence-corrected chi connectivity index (χ1v) is 9.69. The lowest BCUT2D eigenvalue weighted by atomic mass is 10.0. The number of nitrogens with zero attached hydrogens (tertiary/aromatic N) is 3. The van der Waals surface area contributed by atoms with E-state index >= 15 is 0 Å². The van der Waals surface area contributed by atoms with Crippen molar-refractivity contribution in [1.29, 1.82) is 0 Å². The van der Waals surface area contributed by atoms with Crippen molar-refractivity contribution in [3.05, 3.63) is 36.0 Å². The maximum Gasteiger partial charge on any atom is 0.222 e. The van der Waals surface area contributed by atoms with E-state index in [1.165, 1.54) is 5.56 Å². The second-order valence-corrected chi connectivity index (χ2v) is 6.56. The second kappa shape index (κ2) is 11.9. The molecule has 152 valence electrons. The Kier molecular flexibility index (Phi) is 9.21. The van der Waals surface area contributed by atoms with Crippen molar-refractivity contribution in [2.45, 2.75) is 39.0 Å². The van der Waals surface area contributed by atoms with Crippen LogP contribution in [-0.2, 0) is 6.42 Å². The lowest BCUT2D eigenvalue weighted by Gasteiger charge is -2.10. The molecule has 0 bridgehead atoms. The highest BCUT2D eigenvalue weighted by atomic mass is 16.5. The summed E-state index contributed by atoms with van der Waals surface area (Å²) >= 11 is 0. The molecule has 0 saturated carbocycles. The zero-order chi connectivity index (χ0) is 20.2. The quantitative estimate of drug-likeness (QED) is 0.427. The monoisotopic (exact) mass is 386 g/mol. The van der Waals surface area contributed by atoms with Gasteiger partial charge in [0.2, 0.25) is 5.95 Å². The molecule has 7 nitrogen and oxygen atoms in total. The Balaban J connectivity index is 1.93. The molecule has 0 aliphatic carbocycles. The number of ether oxygens (including phenoxy) is 2. The normalized spacial score (nSPS) is 12.2. The lowest BCUT2D eigenvalue weighted by molar-refractivity contribution is 0.271. The Morgan fingerprint density at radius 1 is 1.25 bits per heavy atom. The lowest BCUT2D eigenvalue weighted by Crippen LogP contribution is -2.05. The van der Waals surface area contributed by atoms with E-state index < -0.39 is 0 Å². The highest BCUT2D eigenvalue weighted by Gasteiger charge is 2.09. The zero-order valence-corrected chi connectivity index (χ0v) is 16.7. The summed E-state index contributed by atoms with van der Waals surface area (Å²) in [5.41, 5.74) is 6.93. The van der Waals surface area contributed by atoms with Crippen LogP contribution in [0.1, 0.15) is 38.2 Å². The van der Waals surface area contributed by atoms with Crippen molar-refractivity contribution < 1.29 is 14.6 Å². The molecule has 0 spiro atoms. The van der Waals surface area contributed by atoms with Crippen molar-refractivity contribution in [2.75, 3.05) is 26.1 Å². The molecule has 0 aliphatic rings. The van der Waals surface area contributed by atoms with Crippen LogP contribution >= 0.6 is 0 Å². The Morgan fingerprint density at radius 2 is 2.04 bits per heavy atom. The molecule has 0 aliphatic heterocycles. The topological polar surface area (TPSA) is 103 Å². The van der Waals surface area contributed by atoms with Crippen LogP contribution in [0, 0.1) is 5.92 Å². The number of anilines is 1. The number of rotatable bonds is 12. The third-order valence-corrected chi connectivity index (χ3v) is 4.35. The fourth-order valence-corrected chi connectivity index (χ4v) is 2.83. The van der Waals surface area contributed by atoms with Gasteiger partial charge in [0.15, 0.2) is 11.6 Å². The van der Waals surface area contributed by atoms with Gasteiger partial charge in [-0.2, -0.15) is 4.98 Å². The Bertz CT molecular complexity index is 729. The van der Waals surface area contributed by atoms with E-state index in [2.05, 4.69) is 34.0 Å². The van der Waals surface area contributed by atoms with E-state index in [0.717, 1.165) is 31.4 Å². The maximum atomic E-state index is 9.19. The number of benzene rings is 1. The van der Waals surface area contributed by atoms with Crippen molar-refractivity contribution in [3.8, 4) is 11.5 Å². The first-order chi connectivity index (χ1) is 13.7. The van der Waals surface area contributed by atoms with Crippen LogP contribution in [0.5, 0.6) is 11.5 Å². The number of aliphatic hydroxyl groups is 1. The van der Waals surface area contributed by atoms with Crippen molar-refractivity contribution in [2.24, 2.45) is 10.9 Å². The van der Waals surface area contributed by atoms with Crippen LogP contribution in [0.3, 0.4) is 0 Å². The second-order valence-electron chi connectivity index (χ2n) is 6.56. The Morgan fingerprint density at radius 3 is 2.71 bits per heavy atom. The van der Waals surface area contributed by atoms with Gasteiger partial charge in [0.25, 0.3) is 0 Å². The summed E-state index contributed by atoms with van der Waals surface area (Å²) in [4.78, 5) is 12.7. The van der Waals surface area contributed by atoms with Crippen LogP contribution in [0.2, 0.25) is 0 Å². The molecule has 28 heavy (non-hydrogen) atoms. The minimum atomic E-state index is 0.136. The van der Waals surface area contributed by atoms with Gasteiger partial charge in [-0.25, -0.2) is 9.98 Å². The summed E-state index contributed by atoms with van der Waals surface area (Å²) in [6.07, 6.45) is 7.79. The largest absolute Gasteiger partial charge is 0.497 e. The van der Waals surface area contributed by atoms with Crippen molar-refractivity contribution in [3.63, 3.8) is 0 Å². The Labute approximate surface area is 166 Å². The number of hydrogen-bond donors (Lipinski definition) is 2. The molecule has 0 radical (unpaired) electrons. The van der Waals surface area contributed by atoms with Gasteiger partial charge in [-0.1, -0.05) is 25.5 Å². The number of aliphatic imine (C=N–C) groups is 1. The van der Waals surface area contributed by atoms with Crippen LogP contribution in [0.4, 0.5) is 11.8 Å². The van der Waals surface area contributed by atoms with E-state index in [1.54, 1.807) is 13.3 Å². The average molecular weight is 386 g/mol. The highest BCUT2D eigenvalue weighted by Crippen LogP contribution is 2.25. The summed E-state index contributed by atoms with van der Waals surface area (Å²) in [6, 6.07) is 8.01. The van der Waals surface area contributed by atoms with Gasteiger partial charge in [-0.05, 0) is 49.3 Å². The van der Waals surface area contributed by atoms with Gasteiger partial charge in [-0.15, -0.1) is 0 Å². The predicted octanol–water partition coefficient (Wildman–Crippen LogP) is 3.58. The third-order valence-electron chi connectivity index (χ3n) is 4.35. The van der Waals surface area contributed by atoms with E-state index in [9.17, 15) is 5.11 Å². The highest BCUT2D eigenvalue weighted by molar-refractivity contribution is 5.66. The van der Waals surface area contributed by atoms with Gasteiger partial charge in [-0.3, -0.25) is 0 Å². The number of nitrogens with two attached hydrogens (primary N) is 1. The maximum absolute atomic E-state index is 9.19. The van der Waals surface area contributed by atoms with Crippen LogP contribution in [0.25, 0.3) is 0 Å². The molecule has 1 aromatic carbocycles. The van der Waals surface area contributed by atoms with E-state index in [1.807, 2.05) is 18.3 Å². The fourth-order valence-electron chi connectivity index (χ4n) is 2.83. The average Bonchev–Trinajstić information content (AvgIpc) is 2.71. The molecule has 0 amide bonds. The molecule has 2 aromatic rings. The number of nitrogen functional groups attached to an aromatic ring is 1. The number of methoxy groups -OCH3 is 1. The standard InChI is InChI=1S/C21H30N4O3/c1-3-5-17(11-12-26)14-23-20-19(15-24-21(22)25-20)28-13-4-6-16-7-9-18(27-2)10-8-16/h7-10,14-15,17,26H,3-6,11-13H2,1-2H3,(H2,22,24,25)/t17-/m0/s1. The Hall–Kier alpha value is -2.67. The summed E-state index contributed by atoms with van der Waals surface area (Å²) < 4.78 is 11.0. The smallest absolute Gasteiger partial charge is 0.222 e. The molecule has 0 unspecified atom stereocenters. The minimum absolute atomic E-state index is 0.136. The van der Waals surface area contributed by atoms with Crippen molar-refractivity contribution >= 4 is 18.0 Å². The molecular weight excluding hydrogens is 356 g/mol. The molecule has 7 heteroatoms. The summed E-state index contributed by atoms with van der Waals surface area (Å²) in [5, 5.41) is 9.19. The molecular formula is C21H30N4O3. The predicted molar refractivity (Wildman–Crippen MR) is 112 cm³/mol. The van der Waals surface area contributed by atoms with Gasteiger partial charge in [0, 0.05) is 12.8 Å². The molecule has 2 rings (SSSR count). The van der Waals surface area contributed by atoms with Crippen LogP contribution in [0.15, 0.2) is 35.5 Å². The summed E-state index contributed by atoms with van der Waals surface area (Å²) in [5.74, 6) is 2.15. The summed E-state index contributed by atoms with van der Waals surface area (Å²) in [6.45, 7) is 2.77. The number of hydrogen-bond acceptors (Lipinski definition) is 7. The summed E-state index contributed by atoms with van der Waals surface area (Å²) in [7, 11) is 1.66. The molecule has 0 saturated heterocycles. The van der Waals surface area contributed by atoms with Crippen LogP contribution < -0.4 is 15.2 Å². The van der Waals surface area contributed by atoms with Gasteiger partial charge in [0.1, 0.15) is 5.75 Å². The van der Waals surface area contributed by atoms with E-state index in [4.69, 9.17) is 15.2 Å². The van der Waals surface area contributed by atoms with Crippen LogP contribution in [-0.4, -0.2) is 41.6 Å². The minimum Gasteiger partial charge on any atom is -0.497 e. The van der Waals surface area contributed by atoms with E-state index in [0.29, 0.717) is 24.6 Å². The molecule has 3 N–H and O–H groups in total. The zero-order valence-electron chi connectivity index (χ0n) is 16.7. The first-order valence-electron chi connectivity index (χ1n) is 9.69. The number of aryl methyl sites for hydroxylation is 1. The SMILES string of the molecule is CCC[C@H](C=Nc1nc(N)ncc1OCCCc1ccc(OC)cc1)CCO. The van der Waals surface area contributed by atoms with Crippen molar-refractivity contribution in [1.82, 2.24) is 9.97 Å². The first kappa shape index (κ1) is 21.6. The number of aromatic nitrogens is 2. The van der Waals surface area contributed by atoms with Gasteiger partial charge < -0.3 is 20.3 Å². The molecule has 1 atom stereocenters. The third kappa shape index (κ3) is 7.15. The number of aliphatic hydroxyl groups excluding tert-OH is 1.